The Morgan fingerprint density at radius 1 is 1.30 bits per heavy atom. The fraction of sp³-hybridized carbons (Fsp3) is 0.333. The lowest BCUT2D eigenvalue weighted by Gasteiger charge is -2.26. The molecular weight excluding hydrogens is 316 g/mol. The molecule has 0 amide bonds. The number of halogens is 1. The van der Waals surface area contributed by atoms with Crippen molar-refractivity contribution in [3.8, 4) is 0 Å². The largest absolute Gasteiger partial charge is 0.369 e. The molecule has 0 aliphatic carbocycles. The quantitative estimate of drug-likeness (QED) is 0.881. The van der Waals surface area contributed by atoms with E-state index < -0.39 is 0 Å². The average Bonchev–Trinajstić information content (AvgIpc) is 2.45. The first-order chi connectivity index (χ1) is 9.51. The minimum Gasteiger partial charge on any atom is -0.369 e. The normalized spacial score (nSPS) is 11.4. The first-order valence-electron chi connectivity index (χ1n) is 6.53. The number of hydrogen-bond donors (Lipinski definition) is 2. The predicted octanol–water partition coefficient (Wildman–Crippen LogP) is 3.09. The summed E-state index contributed by atoms with van der Waals surface area (Å²) in [5.74, 6) is 1.46. The number of rotatable bonds is 5. The molecule has 2 rings (SSSR count). The number of hydrogen-bond acceptors (Lipinski definition) is 4. The highest BCUT2D eigenvalue weighted by Gasteiger charge is 2.20. The molecule has 3 N–H and O–H groups in total. The second-order valence-corrected chi connectivity index (χ2v) is 6.23. The van der Waals surface area contributed by atoms with Crippen molar-refractivity contribution in [1.29, 1.82) is 0 Å². The molecule has 1 aromatic carbocycles. The van der Waals surface area contributed by atoms with E-state index in [2.05, 4.69) is 63.3 Å². The van der Waals surface area contributed by atoms with E-state index in [1.165, 1.54) is 5.56 Å². The van der Waals surface area contributed by atoms with E-state index >= 15 is 0 Å². The number of nitrogens with zero attached hydrogens (tertiary/aromatic N) is 2. The average molecular weight is 335 g/mol. The molecule has 0 aliphatic rings. The van der Waals surface area contributed by atoms with Crippen molar-refractivity contribution in [2.75, 3.05) is 11.9 Å². The van der Waals surface area contributed by atoms with Crippen molar-refractivity contribution < 1.29 is 0 Å². The predicted molar refractivity (Wildman–Crippen MR) is 85.6 cm³/mol. The van der Waals surface area contributed by atoms with Crippen molar-refractivity contribution in [1.82, 2.24) is 9.97 Å². The Kier molecular flexibility index (Phi) is 4.73. The third kappa shape index (κ3) is 3.77. The summed E-state index contributed by atoms with van der Waals surface area (Å²) in [6.07, 6.45) is 1.73. The van der Waals surface area contributed by atoms with Crippen LogP contribution in [0.15, 0.2) is 41.0 Å². The zero-order valence-electron chi connectivity index (χ0n) is 11.7. The van der Waals surface area contributed by atoms with Crippen LogP contribution in [0, 0.1) is 0 Å². The van der Waals surface area contributed by atoms with Crippen LogP contribution in [0.4, 0.5) is 5.82 Å². The number of nitrogens with one attached hydrogen (secondary N) is 1. The molecular formula is C15H19BrN4. The van der Waals surface area contributed by atoms with Gasteiger partial charge in [-0.15, -0.1) is 0 Å². The third-order valence-electron chi connectivity index (χ3n) is 3.21. The third-order valence-corrected chi connectivity index (χ3v) is 3.70. The number of benzene rings is 1. The van der Waals surface area contributed by atoms with E-state index in [-0.39, 0.29) is 5.41 Å². The summed E-state index contributed by atoms with van der Waals surface area (Å²) in [6.45, 7) is 5.54. The lowest BCUT2D eigenvalue weighted by atomic mass is 9.84. The van der Waals surface area contributed by atoms with Gasteiger partial charge in [-0.05, 0) is 23.8 Å². The Morgan fingerprint density at radius 3 is 2.80 bits per heavy atom. The Morgan fingerprint density at radius 2 is 2.10 bits per heavy atom. The van der Waals surface area contributed by atoms with Crippen LogP contribution >= 0.6 is 15.9 Å². The smallest absolute Gasteiger partial charge is 0.144 e. The standard InChI is InChI=1S/C15H19BrN4/c1-15(2,11-4-3-5-12(16)8-11)10-19-13-6-7-18-14(9-17)20-13/h3-8H,9-10,17H2,1-2H3,(H,18,19,20). The molecule has 0 saturated carbocycles. The van der Waals surface area contributed by atoms with Gasteiger partial charge in [-0.2, -0.15) is 0 Å². The van der Waals surface area contributed by atoms with Crippen LogP contribution in [0.1, 0.15) is 25.2 Å². The Hall–Kier alpha value is -1.46. The molecule has 5 heteroatoms. The monoisotopic (exact) mass is 334 g/mol. The molecule has 20 heavy (non-hydrogen) atoms. The summed E-state index contributed by atoms with van der Waals surface area (Å²) >= 11 is 3.51. The Labute approximate surface area is 128 Å². The molecule has 0 aliphatic heterocycles. The van der Waals surface area contributed by atoms with Gasteiger partial charge in [0.2, 0.25) is 0 Å². The first kappa shape index (κ1) is 14.9. The van der Waals surface area contributed by atoms with E-state index in [0.29, 0.717) is 12.4 Å². The second kappa shape index (κ2) is 6.33. The molecule has 0 atom stereocenters. The minimum atomic E-state index is -0.00237. The summed E-state index contributed by atoms with van der Waals surface area (Å²) in [7, 11) is 0. The molecule has 1 aromatic heterocycles. The van der Waals surface area contributed by atoms with E-state index in [1.807, 2.05) is 12.1 Å². The van der Waals surface area contributed by atoms with Gasteiger partial charge in [0.15, 0.2) is 0 Å². The summed E-state index contributed by atoms with van der Waals surface area (Å²) in [5.41, 5.74) is 6.82. The van der Waals surface area contributed by atoms with Crippen LogP contribution in [0.5, 0.6) is 0 Å². The number of anilines is 1. The maximum Gasteiger partial charge on any atom is 0.144 e. The van der Waals surface area contributed by atoms with E-state index in [9.17, 15) is 0 Å². The van der Waals surface area contributed by atoms with Crippen LogP contribution in [0.3, 0.4) is 0 Å². The molecule has 0 radical (unpaired) electrons. The van der Waals surface area contributed by atoms with Crippen LogP contribution < -0.4 is 11.1 Å². The molecule has 0 fully saturated rings. The molecule has 106 valence electrons. The van der Waals surface area contributed by atoms with Gasteiger partial charge in [0.1, 0.15) is 11.6 Å². The van der Waals surface area contributed by atoms with Crippen LogP contribution in [-0.2, 0) is 12.0 Å². The van der Waals surface area contributed by atoms with Crippen molar-refractivity contribution in [3.05, 3.63) is 52.4 Å². The maximum absolute atomic E-state index is 5.55. The van der Waals surface area contributed by atoms with Crippen molar-refractivity contribution in [3.63, 3.8) is 0 Å². The van der Waals surface area contributed by atoms with Crippen LogP contribution in [-0.4, -0.2) is 16.5 Å². The number of aromatic nitrogens is 2. The van der Waals surface area contributed by atoms with Gasteiger partial charge < -0.3 is 11.1 Å². The molecule has 0 saturated heterocycles. The summed E-state index contributed by atoms with van der Waals surface area (Å²) < 4.78 is 1.09. The Bertz CT molecular complexity index is 584. The van der Waals surface area contributed by atoms with E-state index in [0.717, 1.165) is 16.8 Å². The fourth-order valence-electron chi connectivity index (χ4n) is 1.92. The van der Waals surface area contributed by atoms with Crippen molar-refractivity contribution in [2.24, 2.45) is 5.73 Å². The highest BCUT2D eigenvalue weighted by molar-refractivity contribution is 9.10. The highest BCUT2D eigenvalue weighted by Crippen LogP contribution is 2.26. The van der Waals surface area contributed by atoms with Gasteiger partial charge in [0.05, 0.1) is 6.54 Å². The van der Waals surface area contributed by atoms with Gasteiger partial charge in [-0.3, -0.25) is 0 Å². The molecule has 2 aromatic rings. The summed E-state index contributed by atoms with van der Waals surface area (Å²) in [4.78, 5) is 8.44. The molecule has 0 bridgehead atoms. The fourth-order valence-corrected chi connectivity index (χ4v) is 2.32. The highest BCUT2D eigenvalue weighted by atomic mass is 79.9. The Balaban J connectivity index is 2.08. The summed E-state index contributed by atoms with van der Waals surface area (Å²) in [6, 6.07) is 10.2. The topological polar surface area (TPSA) is 63.8 Å². The molecule has 4 nitrogen and oxygen atoms in total. The molecule has 0 unspecified atom stereocenters. The minimum absolute atomic E-state index is 0.00237. The van der Waals surface area contributed by atoms with Gasteiger partial charge >= 0.3 is 0 Å². The van der Waals surface area contributed by atoms with Crippen LogP contribution in [0.25, 0.3) is 0 Å². The SMILES string of the molecule is CC(C)(CNc1ccnc(CN)n1)c1cccc(Br)c1. The lowest BCUT2D eigenvalue weighted by Crippen LogP contribution is -2.28. The van der Waals surface area contributed by atoms with E-state index in [4.69, 9.17) is 5.73 Å². The molecule has 1 heterocycles. The second-order valence-electron chi connectivity index (χ2n) is 5.31. The van der Waals surface area contributed by atoms with Gasteiger partial charge in [0, 0.05) is 22.6 Å². The van der Waals surface area contributed by atoms with Gasteiger partial charge in [0.25, 0.3) is 0 Å². The molecule has 0 spiro atoms. The van der Waals surface area contributed by atoms with Gasteiger partial charge in [-0.25, -0.2) is 9.97 Å². The first-order valence-corrected chi connectivity index (χ1v) is 7.32. The zero-order valence-corrected chi connectivity index (χ0v) is 13.3. The van der Waals surface area contributed by atoms with Crippen LogP contribution in [0.2, 0.25) is 0 Å². The maximum atomic E-state index is 5.55. The zero-order chi connectivity index (χ0) is 14.6. The van der Waals surface area contributed by atoms with Crippen molar-refractivity contribution in [2.45, 2.75) is 25.8 Å². The van der Waals surface area contributed by atoms with Crippen molar-refractivity contribution >= 4 is 21.7 Å². The van der Waals surface area contributed by atoms with Gasteiger partial charge in [-0.1, -0.05) is 41.9 Å². The summed E-state index contributed by atoms with van der Waals surface area (Å²) in [5, 5.41) is 3.36. The number of nitrogens with two attached hydrogens (primary N) is 1. The van der Waals surface area contributed by atoms with E-state index in [1.54, 1.807) is 6.20 Å². The lowest BCUT2D eigenvalue weighted by molar-refractivity contribution is 0.555.